The van der Waals surface area contributed by atoms with E-state index in [2.05, 4.69) is 0 Å². The maximum atomic E-state index is 11.2. The van der Waals surface area contributed by atoms with Crippen LogP contribution < -0.4 is 9.64 Å². The molecule has 1 aromatic carbocycles. The van der Waals surface area contributed by atoms with Gasteiger partial charge in [-0.2, -0.15) is 0 Å². The van der Waals surface area contributed by atoms with Crippen molar-refractivity contribution in [2.75, 3.05) is 63.3 Å². The molecule has 8 heteroatoms. The van der Waals surface area contributed by atoms with E-state index in [1.807, 2.05) is 4.90 Å². The summed E-state index contributed by atoms with van der Waals surface area (Å²) in [6, 6.07) is 4.75. The van der Waals surface area contributed by atoms with Gasteiger partial charge in [-0.05, 0) is 18.2 Å². The first-order valence-corrected chi connectivity index (χ1v) is 8.64. The molecule has 0 aromatic heterocycles. The lowest BCUT2D eigenvalue weighted by Crippen LogP contribution is -2.28. The van der Waals surface area contributed by atoms with Crippen LogP contribution in [0.3, 0.4) is 0 Å². The van der Waals surface area contributed by atoms with E-state index in [1.54, 1.807) is 13.2 Å². The van der Waals surface area contributed by atoms with Crippen molar-refractivity contribution in [2.24, 2.45) is 0 Å². The summed E-state index contributed by atoms with van der Waals surface area (Å²) in [4.78, 5) is 13.1. The van der Waals surface area contributed by atoms with Gasteiger partial charge in [-0.15, -0.1) is 23.2 Å². The number of carboxylic acid groups (broad SMARTS) is 1. The number of alkyl halides is 2. The van der Waals surface area contributed by atoms with Crippen LogP contribution in [0.15, 0.2) is 18.2 Å². The number of halogens is 2. The van der Waals surface area contributed by atoms with Crippen molar-refractivity contribution < 1.29 is 24.1 Å². The largest absolute Gasteiger partial charge is 0.489 e. The molecule has 0 unspecified atom stereocenters. The molecule has 0 bridgehead atoms. The number of aromatic carboxylic acids is 1. The molecule has 0 aliphatic heterocycles. The molecule has 0 radical (unpaired) electrons. The third-order valence-electron chi connectivity index (χ3n) is 3.17. The lowest BCUT2D eigenvalue weighted by atomic mass is 10.1. The number of rotatable bonds is 13. The maximum Gasteiger partial charge on any atom is 0.335 e. The summed E-state index contributed by atoms with van der Waals surface area (Å²) in [6.45, 7) is 2.84. The Hall–Kier alpha value is -1.21. The number of benzene rings is 1. The van der Waals surface area contributed by atoms with E-state index in [4.69, 9.17) is 42.5 Å². The number of methoxy groups -OCH3 is 1. The van der Waals surface area contributed by atoms with Gasteiger partial charge in [0.1, 0.15) is 12.4 Å². The van der Waals surface area contributed by atoms with E-state index >= 15 is 0 Å². The van der Waals surface area contributed by atoms with Crippen LogP contribution in [-0.4, -0.2) is 69.5 Å². The molecule has 1 N–H and O–H groups in total. The van der Waals surface area contributed by atoms with Crippen LogP contribution in [0, 0.1) is 0 Å². The van der Waals surface area contributed by atoms with E-state index in [0.717, 1.165) is 5.69 Å². The van der Waals surface area contributed by atoms with Crippen LogP contribution >= 0.6 is 23.2 Å². The van der Waals surface area contributed by atoms with Gasteiger partial charge in [0.15, 0.2) is 0 Å². The van der Waals surface area contributed by atoms with Gasteiger partial charge in [-0.25, -0.2) is 4.79 Å². The average molecular weight is 380 g/mol. The molecular weight excluding hydrogens is 357 g/mol. The normalized spacial score (nSPS) is 10.6. The predicted molar refractivity (Wildman–Crippen MR) is 95.2 cm³/mol. The van der Waals surface area contributed by atoms with Crippen LogP contribution in [-0.2, 0) is 9.47 Å². The second kappa shape index (κ2) is 12.2. The number of hydrogen-bond acceptors (Lipinski definition) is 5. The molecule has 6 nitrogen and oxygen atoms in total. The van der Waals surface area contributed by atoms with Crippen LogP contribution in [0.25, 0.3) is 0 Å². The minimum atomic E-state index is -1.01. The predicted octanol–water partition coefficient (Wildman–Crippen LogP) is 2.71. The third-order valence-corrected chi connectivity index (χ3v) is 3.51. The highest BCUT2D eigenvalue weighted by molar-refractivity contribution is 6.18. The average Bonchev–Trinajstić information content (AvgIpc) is 2.57. The zero-order valence-corrected chi connectivity index (χ0v) is 15.2. The van der Waals surface area contributed by atoms with Gasteiger partial charge >= 0.3 is 5.97 Å². The SMILES string of the molecule is COCCOCCOc1cc(C(=O)O)ccc1N(CCCl)CCCl. The van der Waals surface area contributed by atoms with Gasteiger partial charge < -0.3 is 24.2 Å². The van der Waals surface area contributed by atoms with Crippen molar-refractivity contribution in [3.8, 4) is 5.75 Å². The summed E-state index contributed by atoms with van der Waals surface area (Å²) >= 11 is 11.7. The van der Waals surface area contributed by atoms with Crippen LogP contribution in [0.1, 0.15) is 10.4 Å². The van der Waals surface area contributed by atoms with Gasteiger partial charge in [0.05, 0.1) is 31.1 Å². The lowest BCUT2D eigenvalue weighted by Gasteiger charge is -2.25. The molecule has 0 fully saturated rings. The first kappa shape index (κ1) is 20.8. The van der Waals surface area contributed by atoms with Gasteiger partial charge in [0.2, 0.25) is 0 Å². The van der Waals surface area contributed by atoms with Crippen LogP contribution in [0.2, 0.25) is 0 Å². The third kappa shape index (κ3) is 7.13. The van der Waals surface area contributed by atoms with Gasteiger partial charge in [0, 0.05) is 32.0 Å². The Kier molecular flexibility index (Phi) is 10.6. The van der Waals surface area contributed by atoms with E-state index in [-0.39, 0.29) is 5.56 Å². The monoisotopic (exact) mass is 379 g/mol. The van der Waals surface area contributed by atoms with Gasteiger partial charge in [-0.1, -0.05) is 0 Å². The highest BCUT2D eigenvalue weighted by Gasteiger charge is 2.15. The summed E-state index contributed by atoms with van der Waals surface area (Å²) < 4.78 is 16.0. The molecule has 0 heterocycles. The number of hydrogen-bond donors (Lipinski definition) is 1. The number of anilines is 1. The molecular formula is C16H23Cl2NO5. The van der Waals surface area contributed by atoms with Crippen molar-refractivity contribution in [1.82, 2.24) is 0 Å². The summed E-state index contributed by atoms with van der Waals surface area (Å²) in [6.07, 6.45) is 0. The Morgan fingerprint density at radius 1 is 1.12 bits per heavy atom. The van der Waals surface area contributed by atoms with E-state index in [1.165, 1.54) is 12.1 Å². The van der Waals surface area contributed by atoms with Crippen LogP contribution in [0.5, 0.6) is 5.75 Å². The molecule has 136 valence electrons. The number of carboxylic acids is 1. The van der Waals surface area contributed by atoms with Gasteiger partial charge in [0.25, 0.3) is 0 Å². The standard InChI is InChI=1S/C16H23Cl2NO5/c1-22-8-9-23-10-11-24-15-12-13(16(20)21)2-3-14(15)19(6-4-17)7-5-18/h2-3,12H,4-11H2,1H3,(H,20,21). The summed E-state index contributed by atoms with van der Waals surface area (Å²) in [5.41, 5.74) is 0.920. The van der Waals surface area contributed by atoms with E-state index < -0.39 is 5.97 Å². The minimum Gasteiger partial charge on any atom is -0.489 e. The first-order valence-electron chi connectivity index (χ1n) is 7.57. The summed E-state index contributed by atoms with van der Waals surface area (Å²) in [7, 11) is 1.60. The highest BCUT2D eigenvalue weighted by Crippen LogP contribution is 2.30. The summed E-state index contributed by atoms with van der Waals surface area (Å²) in [5, 5.41) is 9.16. The Bertz CT molecular complexity index is 495. The first-order chi connectivity index (χ1) is 11.6. The van der Waals surface area contributed by atoms with Crippen molar-refractivity contribution in [3.05, 3.63) is 23.8 Å². The van der Waals surface area contributed by atoms with Crippen molar-refractivity contribution >= 4 is 34.9 Å². The number of nitrogens with zero attached hydrogens (tertiary/aromatic N) is 1. The number of carbonyl (C=O) groups is 1. The number of ether oxygens (including phenoxy) is 3. The summed E-state index contributed by atoms with van der Waals surface area (Å²) in [5.74, 6) is 0.318. The van der Waals surface area contributed by atoms with E-state index in [9.17, 15) is 4.79 Å². The zero-order chi connectivity index (χ0) is 17.8. The van der Waals surface area contributed by atoms with Gasteiger partial charge in [-0.3, -0.25) is 0 Å². The fraction of sp³-hybridized carbons (Fsp3) is 0.562. The Balaban J connectivity index is 2.82. The van der Waals surface area contributed by atoms with E-state index in [0.29, 0.717) is 57.0 Å². The topological polar surface area (TPSA) is 68.2 Å². The zero-order valence-electron chi connectivity index (χ0n) is 13.7. The molecule has 24 heavy (non-hydrogen) atoms. The molecule has 0 saturated heterocycles. The Morgan fingerprint density at radius 3 is 2.38 bits per heavy atom. The smallest absolute Gasteiger partial charge is 0.335 e. The lowest BCUT2D eigenvalue weighted by molar-refractivity contribution is 0.0544. The molecule has 0 aliphatic carbocycles. The second-order valence-electron chi connectivity index (χ2n) is 4.81. The second-order valence-corrected chi connectivity index (χ2v) is 5.56. The fourth-order valence-corrected chi connectivity index (χ4v) is 2.44. The molecule has 1 aromatic rings. The molecule has 0 amide bonds. The quantitative estimate of drug-likeness (QED) is 0.419. The molecule has 0 atom stereocenters. The van der Waals surface area contributed by atoms with Crippen molar-refractivity contribution in [1.29, 1.82) is 0 Å². The molecule has 1 rings (SSSR count). The minimum absolute atomic E-state index is 0.158. The Labute approximate surface area is 152 Å². The van der Waals surface area contributed by atoms with Crippen molar-refractivity contribution in [3.63, 3.8) is 0 Å². The molecule has 0 aliphatic rings. The van der Waals surface area contributed by atoms with Crippen molar-refractivity contribution in [2.45, 2.75) is 0 Å². The van der Waals surface area contributed by atoms with Crippen LogP contribution in [0.4, 0.5) is 5.69 Å². The Morgan fingerprint density at radius 2 is 1.79 bits per heavy atom. The highest BCUT2D eigenvalue weighted by atomic mass is 35.5. The fourth-order valence-electron chi connectivity index (χ4n) is 2.04. The molecule has 0 saturated carbocycles. The molecule has 0 spiro atoms. The maximum absolute atomic E-state index is 11.2.